The molecular formula is C6H10O4S. The lowest BCUT2D eigenvalue weighted by atomic mass is 10.7. The molecule has 0 amide bonds. The molecule has 0 saturated heterocycles. The number of thioether (sulfide) groups is 1. The van der Waals surface area contributed by atoms with Crippen LogP contribution < -0.4 is 0 Å². The summed E-state index contributed by atoms with van der Waals surface area (Å²) in [5.41, 5.74) is 0. The van der Waals surface area contributed by atoms with Gasteiger partial charge in [0.15, 0.2) is 6.61 Å². The van der Waals surface area contributed by atoms with E-state index in [1.165, 1.54) is 7.11 Å². The van der Waals surface area contributed by atoms with Gasteiger partial charge in [-0.1, -0.05) is 6.92 Å². The number of carbonyl (C=O) groups is 2. The van der Waals surface area contributed by atoms with Gasteiger partial charge in [0.25, 0.3) is 0 Å². The molecule has 0 aromatic carbocycles. The molecule has 64 valence electrons. The van der Waals surface area contributed by atoms with E-state index in [9.17, 15) is 9.59 Å². The highest BCUT2D eigenvalue weighted by Gasteiger charge is 2.05. The van der Waals surface area contributed by atoms with Crippen molar-refractivity contribution in [2.75, 3.05) is 19.5 Å². The summed E-state index contributed by atoms with van der Waals surface area (Å²) in [6.45, 7) is 1.52. The average Bonchev–Trinajstić information content (AvgIpc) is 2.01. The second kappa shape index (κ2) is 6.03. The Balaban J connectivity index is 3.38. The first kappa shape index (κ1) is 10.3. The molecule has 0 N–H and O–H groups in total. The Labute approximate surface area is 69.2 Å². The fourth-order valence-electron chi connectivity index (χ4n) is 0.336. The predicted molar refractivity (Wildman–Crippen MR) is 41.5 cm³/mol. The summed E-state index contributed by atoms with van der Waals surface area (Å²) in [5, 5.41) is -0.446. The monoisotopic (exact) mass is 178 g/mol. The van der Waals surface area contributed by atoms with E-state index in [2.05, 4.69) is 9.47 Å². The maximum absolute atomic E-state index is 10.6. The molecule has 4 nitrogen and oxygen atoms in total. The summed E-state index contributed by atoms with van der Waals surface area (Å²) in [6.07, 6.45) is 0. The van der Waals surface area contributed by atoms with Gasteiger partial charge in [-0.15, -0.1) is 0 Å². The van der Waals surface area contributed by atoms with Crippen molar-refractivity contribution >= 4 is 23.0 Å². The first-order valence-electron chi connectivity index (χ1n) is 3.07. The zero-order valence-electron chi connectivity index (χ0n) is 6.46. The normalized spacial score (nSPS) is 8.91. The minimum Gasteiger partial charge on any atom is -0.466 e. The Kier molecular flexibility index (Phi) is 5.64. The van der Waals surface area contributed by atoms with Gasteiger partial charge in [-0.05, 0) is 11.8 Å². The van der Waals surface area contributed by atoms with Crippen LogP contribution in [0.2, 0.25) is 0 Å². The van der Waals surface area contributed by atoms with Crippen molar-refractivity contribution in [2.24, 2.45) is 0 Å². The van der Waals surface area contributed by atoms with Crippen LogP contribution in [0.1, 0.15) is 6.92 Å². The number of methoxy groups -OCH3 is 1. The van der Waals surface area contributed by atoms with E-state index in [0.717, 1.165) is 11.8 Å². The van der Waals surface area contributed by atoms with Crippen LogP contribution in [0, 0.1) is 0 Å². The smallest absolute Gasteiger partial charge is 0.367 e. The lowest BCUT2D eigenvalue weighted by Gasteiger charge is -2.00. The molecule has 0 aliphatic rings. The first-order valence-corrected chi connectivity index (χ1v) is 4.05. The summed E-state index contributed by atoms with van der Waals surface area (Å²) in [6, 6.07) is 0. The Morgan fingerprint density at radius 3 is 2.55 bits per heavy atom. The van der Waals surface area contributed by atoms with Gasteiger partial charge in [-0.3, -0.25) is 0 Å². The van der Waals surface area contributed by atoms with Crippen molar-refractivity contribution in [1.82, 2.24) is 0 Å². The Bertz CT molecular complexity index is 146. The number of rotatable bonds is 3. The fraction of sp³-hybridized carbons (Fsp3) is 0.667. The van der Waals surface area contributed by atoms with Crippen LogP contribution in [0.5, 0.6) is 0 Å². The summed E-state index contributed by atoms with van der Waals surface area (Å²) in [5.74, 6) is 0.0926. The molecule has 0 heterocycles. The number of carbonyl (C=O) groups excluding carboxylic acids is 2. The highest BCUT2D eigenvalue weighted by Crippen LogP contribution is 2.03. The van der Waals surface area contributed by atoms with E-state index in [0.29, 0.717) is 5.75 Å². The van der Waals surface area contributed by atoms with Crippen LogP contribution in [0.4, 0.5) is 4.79 Å². The lowest BCUT2D eigenvalue weighted by Crippen LogP contribution is -2.12. The van der Waals surface area contributed by atoms with E-state index < -0.39 is 11.3 Å². The quantitative estimate of drug-likeness (QED) is 0.604. The average molecular weight is 178 g/mol. The van der Waals surface area contributed by atoms with E-state index in [4.69, 9.17) is 0 Å². The largest absolute Gasteiger partial charge is 0.466 e. The van der Waals surface area contributed by atoms with Crippen molar-refractivity contribution in [3.8, 4) is 0 Å². The van der Waals surface area contributed by atoms with Gasteiger partial charge in [0.1, 0.15) is 0 Å². The molecule has 0 bridgehead atoms. The molecule has 0 aromatic heterocycles. The van der Waals surface area contributed by atoms with Crippen LogP contribution in [0.25, 0.3) is 0 Å². The highest BCUT2D eigenvalue weighted by molar-refractivity contribution is 8.13. The van der Waals surface area contributed by atoms with Crippen molar-refractivity contribution < 1.29 is 19.1 Å². The van der Waals surface area contributed by atoms with Gasteiger partial charge in [-0.25, -0.2) is 9.59 Å². The van der Waals surface area contributed by atoms with E-state index in [1.807, 2.05) is 6.92 Å². The van der Waals surface area contributed by atoms with Crippen LogP contribution >= 0.6 is 11.8 Å². The third kappa shape index (κ3) is 5.72. The van der Waals surface area contributed by atoms with Crippen LogP contribution in [0.15, 0.2) is 0 Å². The molecule has 0 aromatic rings. The number of hydrogen-bond donors (Lipinski definition) is 0. The molecule has 0 unspecified atom stereocenters. The molecule has 0 fully saturated rings. The molecule has 11 heavy (non-hydrogen) atoms. The number of hydrogen-bond acceptors (Lipinski definition) is 5. The van der Waals surface area contributed by atoms with Gasteiger partial charge in [0.2, 0.25) is 0 Å². The number of esters is 1. The topological polar surface area (TPSA) is 52.6 Å². The van der Waals surface area contributed by atoms with Crippen LogP contribution in [-0.4, -0.2) is 30.7 Å². The second-order valence-electron chi connectivity index (χ2n) is 1.55. The maximum atomic E-state index is 10.6. The van der Waals surface area contributed by atoms with Crippen molar-refractivity contribution in [1.29, 1.82) is 0 Å². The molecule has 0 aliphatic heterocycles. The van der Waals surface area contributed by atoms with Gasteiger partial charge >= 0.3 is 11.3 Å². The van der Waals surface area contributed by atoms with E-state index in [-0.39, 0.29) is 6.61 Å². The molecule has 0 spiro atoms. The van der Waals surface area contributed by atoms with Crippen molar-refractivity contribution in [2.45, 2.75) is 6.92 Å². The third-order valence-electron chi connectivity index (χ3n) is 0.798. The fourth-order valence-corrected chi connectivity index (χ4v) is 0.714. The van der Waals surface area contributed by atoms with E-state index in [1.54, 1.807) is 0 Å². The zero-order chi connectivity index (χ0) is 8.69. The Morgan fingerprint density at radius 1 is 1.45 bits per heavy atom. The molecule has 0 radical (unpaired) electrons. The summed E-state index contributed by atoms with van der Waals surface area (Å²) in [4.78, 5) is 21.0. The highest BCUT2D eigenvalue weighted by atomic mass is 32.2. The third-order valence-corrected chi connectivity index (χ3v) is 1.44. The van der Waals surface area contributed by atoms with Crippen molar-refractivity contribution in [3.63, 3.8) is 0 Å². The second-order valence-corrected chi connectivity index (χ2v) is 2.75. The van der Waals surface area contributed by atoms with Gasteiger partial charge < -0.3 is 9.47 Å². The summed E-state index contributed by atoms with van der Waals surface area (Å²) >= 11 is 1.01. The minimum atomic E-state index is -0.546. The SMILES string of the molecule is CCSC(=O)OCC(=O)OC. The molecule has 5 heteroatoms. The summed E-state index contributed by atoms with van der Waals surface area (Å²) in [7, 11) is 1.24. The van der Waals surface area contributed by atoms with Gasteiger partial charge in [-0.2, -0.15) is 0 Å². The van der Waals surface area contributed by atoms with Gasteiger partial charge in [0, 0.05) is 5.75 Å². The molecule has 0 atom stereocenters. The van der Waals surface area contributed by atoms with Crippen LogP contribution in [0.3, 0.4) is 0 Å². The molecule has 0 saturated carbocycles. The predicted octanol–water partition coefficient (Wildman–Crippen LogP) is 1.05. The van der Waals surface area contributed by atoms with Crippen molar-refractivity contribution in [3.05, 3.63) is 0 Å². The number of ether oxygens (including phenoxy) is 2. The molecular weight excluding hydrogens is 168 g/mol. The zero-order valence-corrected chi connectivity index (χ0v) is 7.27. The molecule has 0 rings (SSSR count). The Hall–Kier alpha value is -0.710. The maximum Gasteiger partial charge on any atom is 0.367 e. The lowest BCUT2D eigenvalue weighted by molar-refractivity contribution is -0.143. The minimum absolute atomic E-state index is 0.303. The first-order chi connectivity index (χ1) is 5.20. The van der Waals surface area contributed by atoms with E-state index >= 15 is 0 Å². The summed E-state index contributed by atoms with van der Waals surface area (Å²) < 4.78 is 8.74. The van der Waals surface area contributed by atoms with Crippen LogP contribution in [-0.2, 0) is 14.3 Å². The molecule has 0 aliphatic carbocycles. The Morgan fingerprint density at radius 2 is 2.09 bits per heavy atom. The standard InChI is InChI=1S/C6H10O4S/c1-3-11-6(8)10-4-5(7)9-2/h3-4H2,1-2H3. The van der Waals surface area contributed by atoms with Gasteiger partial charge in [0.05, 0.1) is 7.11 Å².